The van der Waals surface area contributed by atoms with Crippen molar-refractivity contribution in [1.82, 2.24) is 9.88 Å². The van der Waals surface area contributed by atoms with Gasteiger partial charge in [0.05, 0.1) is 18.3 Å². The van der Waals surface area contributed by atoms with Gasteiger partial charge in [-0.05, 0) is 25.5 Å². The largest absolute Gasteiger partial charge is 0.480 e. The molecule has 6 heteroatoms. The molecule has 0 aromatic carbocycles. The lowest BCUT2D eigenvalue weighted by molar-refractivity contribution is -0.145. The van der Waals surface area contributed by atoms with Gasteiger partial charge in [-0.2, -0.15) is 0 Å². The Kier molecular flexibility index (Phi) is 5.29. The maximum Gasteiger partial charge on any atom is 0.323 e. The molecule has 0 aliphatic carbocycles. The summed E-state index contributed by atoms with van der Waals surface area (Å²) in [6.45, 7) is 3.45. The van der Waals surface area contributed by atoms with Crippen molar-refractivity contribution in [3.8, 4) is 0 Å². The zero-order valence-corrected chi connectivity index (χ0v) is 11.2. The Morgan fingerprint density at radius 3 is 2.63 bits per heavy atom. The van der Waals surface area contributed by atoms with Crippen molar-refractivity contribution in [3.05, 3.63) is 24.0 Å². The number of rotatable bonds is 6. The van der Waals surface area contributed by atoms with Crippen LogP contribution < -0.4 is 5.73 Å². The molecule has 1 amide bonds. The van der Waals surface area contributed by atoms with Gasteiger partial charge in [-0.3, -0.25) is 14.6 Å². The van der Waals surface area contributed by atoms with Gasteiger partial charge in [-0.1, -0.05) is 6.92 Å². The Bertz CT molecular complexity index is 445. The number of hydrogen-bond acceptors (Lipinski definition) is 4. The second kappa shape index (κ2) is 6.72. The average Bonchev–Trinajstić information content (AvgIpc) is 2.37. The van der Waals surface area contributed by atoms with Crippen molar-refractivity contribution in [2.45, 2.75) is 32.7 Å². The fourth-order valence-corrected chi connectivity index (χ4v) is 1.65. The molecule has 0 spiro atoms. The van der Waals surface area contributed by atoms with Crippen molar-refractivity contribution in [3.63, 3.8) is 0 Å². The molecular weight excluding hydrogens is 246 g/mol. The van der Waals surface area contributed by atoms with Crippen LogP contribution in [0.4, 0.5) is 5.69 Å². The number of carboxylic acid groups (broad SMARTS) is 1. The molecule has 0 bridgehead atoms. The lowest BCUT2D eigenvalue weighted by Gasteiger charge is -2.26. The molecule has 3 N–H and O–H groups in total. The van der Waals surface area contributed by atoms with Crippen molar-refractivity contribution in [1.29, 1.82) is 0 Å². The number of hydrogen-bond donors (Lipinski definition) is 2. The van der Waals surface area contributed by atoms with Gasteiger partial charge in [0.2, 0.25) is 5.91 Å². The van der Waals surface area contributed by atoms with Crippen molar-refractivity contribution < 1.29 is 14.7 Å². The van der Waals surface area contributed by atoms with E-state index >= 15 is 0 Å². The number of nitrogens with two attached hydrogens (primary N) is 1. The first kappa shape index (κ1) is 14.9. The lowest BCUT2D eigenvalue weighted by atomic mass is 10.1. The molecule has 0 radical (unpaired) electrons. The van der Waals surface area contributed by atoms with Gasteiger partial charge in [-0.25, -0.2) is 0 Å². The second-order valence-corrected chi connectivity index (χ2v) is 4.43. The summed E-state index contributed by atoms with van der Waals surface area (Å²) >= 11 is 0. The van der Waals surface area contributed by atoms with Gasteiger partial charge >= 0.3 is 5.97 Å². The summed E-state index contributed by atoms with van der Waals surface area (Å²) < 4.78 is 0. The van der Waals surface area contributed by atoms with Gasteiger partial charge in [0.15, 0.2) is 0 Å². The fourth-order valence-electron chi connectivity index (χ4n) is 1.65. The summed E-state index contributed by atoms with van der Waals surface area (Å²) in [5.41, 5.74) is 6.63. The monoisotopic (exact) mass is 265 g/mol. The third-order valence-electron chi connectivity index (χ3n) is 2.93. The first-order valence-electron chi connectivity index (χ1n) is 6.15. The number of anilines is 1. The standard InChI is InChI=1S/C13H19N3O3/c1-3-9(2)16(8-13(18)19)12(17)6-11-5-4-10(14)7-15-11/h4-5,7,9H,3,6,8,14H2,1-2H3,(H,18,19). The van der Waals surface area contributed by atoms with Gasteiger partial charge in [-0.15, -0.1) is 0 Å². The van der Waals surface area contributed by atoms with E-state index < -0.39 is 5.97 Å². The highest BCUT2D eigenvalue weighted by Gasteiger charge is 2.21. The zero-order chi connectivity index (χ0) is 14.4. The molecule has 1 rings (SSSR count). The molecular formula is C13H19N3O3. The van der Waals surface area contributed by atoms with Crippen LogP contribution in [-0.2, 0) is 16.0 Å². The highest BCUT2D eigenvalue weighted by atomic mass is 16.4. The maximum absolute atomic E-state index is 12.1. The molecule has 0 fully saturated rings. The van der Waals surface area contributed by atoms with E-state index in [1.807, 2.05) is 13.8 Å². The fraction of sp³-hybridized carbons (Fsp3) is 0.462. The summed E-state index contributed by atoms with van der Waals surface area (Å²) in [7, 11) is 0. The SMILES string of the molecule is CCC(C)N(CC(=O)O)C(=O)Cc1ccc(N)cn1. The first-order valence-corrected chi connectivity index (χ1v) is 6.15. The Morgan fingerprint density at radius 2 is 2.16 bits per heavy atom. The molecule has 0 aliphatic rings. The minimum atomic E-state index is -1.01. The van der Waals surface area contributed by atoms with Crippen molar-refractivity contribution in [2.24, 2.45) is 0 Å². The number of amides is 1. The molecule has 1 heterocycles. The molecule has 6 nitrogen and oxygen atoms in total. The molecule has 0 aliphatic heterocycles. The van der Waals surface area contributed by atoms with Crippen molar-refractivity contribution in [2.75, 3.05) is 12.3 Å². The maximum atomic E-state index is 12.1. The second-order valence-electron chi connectivity index (χ2n) is 4.43. The van der Waals surface area contributed by atoms with E-state index in [-0.39, 0.29) is 24.9 Å². The topological polar surface area (TPSA) is 96.5 Å². The predicted molar refractivity (Wildman–Crippen MR) is 71.5 cm³/mol. The third kappa shape index (κ3) is 4.57. The smallest absolute Gasteiger partial charge is 0.323 e. The number of aromatic nitrogens is 1. The number of nitrogen functional groups attached to an aromatic ring is 1. The lowest BCUT2D eigenvalue weighted by Crippen LogP contribution is -2.42. The van der Waals surface area contributed by atoms with Gasteiger partial charge in [0.25, 0.3) is 0 Å². The summed E-state index contributed by atoms with van der Waals surface area (Å²) in [6.07, 6.45) is 2.26. The van der Waals surface area contributed by atoms with E-state index in [4.69, 9.17) is 10.8 Å². The summed E-state index contributed by atoms with van der Waals surface area (Å²) in [5, 5.41) is 8.85. The normalized spacial score (nSPS) is 11.9. The van der Waals surface area contributed by atoms with E-state index in [9.17, 15) is 9.59 Å². The molecule has 19 heavy (non-hydrogen) atoms. The highest BCUT2D eigenvalue weighted by molar-refractivity contribution is 5.83. The molecule has 1 atom stereocenters. The Balaban J connectivity index is 2.76. The Labute approximate surface area is 112 Å². The van der Waals surface area contributed by atoms with Crippen LogP contribution in [0.5, 0.6) is 0 Å². The van der Waals surface area contributed by atoms with Gasteiger partial charge in [0.1, 0.15) is 6.54 Å². The van der Waals surface area contributed by atoms with Crippen LogP contribution in [-0.4, -0.2) is 39.5 Å². The first-order chi connectivity index (χ1) is 8.93. The van der Waals surface area contributed by atoms with Crippen molar-refractivity contribution >= 4 is 17.6 Å². The number of pyridine rings is 1. The van der Waals surface area contributed by atoms with E-state index in [0.29, 0.717) is 17.8 Å². The third-order valence-corrected chi connectivity index (χ3v) is 2.93. The van der Waals surface area contributed by atoms with E-state index in [2.05, 4.69) is 4.98 Å². The van der Waals surface area contributed by atoms with Crippen LogP contribution >= 0.6 is 0 Å². The summed E-state index contributed by atoms with van der Waals surface area (Å²) in [4.78, 5) is 28.3. The van der Waals surface area contributed by atoms with Gasteiger partial charge < -0.3 is 15.7 Å². The quantitative estimate of drug-likeness (QED) is 0.797. The van der Waals surface area contributed by atoms with Gasteiger partial charge in [0, 0.05) is 11.7 Å². The zero-order valence-electron chi connectivity index (χ0n) is 11.2. The molecule has 1 unspecified atom stereocenters. The van der Waals surface area contributed by atoms with E-state index in [0.717, 1.165) is 0 Å². The molecule has 104 valence electrons. The molecule has 0 saturated heterocycles. The number of nitrogens with zero attached hydrogens (tertiary/aromatic N) is 2. The number of carboxylic acids is 1. The van der Waals surface area contributed by atoms with Crippen LogP contribution in [0.25, 0.3) is 0 Å². The summed E-state index contributed by atoms with van der Waals surface area (Å²) in [6, 6.07) is 3.22. The Morgan fingerprint density at radius 1 is 1.47 bits per heavy atom. The average molecular weight is 265 g/mol. The minimum Gasteiger partial charge on any atom is -0.480 e. The van der Waals surface area contributed by atoms with Crippen LogP contribution in [0.1, 0.15) is 26.0 Å². The van der Waals surface area contributed by atoms with E-state index in [1.165, 1.54) is 11.1 Å². The number of carbonyl (C=O) groups is 2. The minimum absolute atomic E-state index is 0.0812. The molecule has 1 aromatic rings. The number of aliphatic carboxylic acids is 1. The predicted octanol–water partition coefficient (Wildman–Crippen LogP) is 0.918. The highest BCUT2D eigenvalue weighted by Crippen LogP contribution is 2.08. The van der Waals surface area contributed by atoms with Crippen LogP contribution in [0.3, 0.4) is 0 Å². The van der Waals surface area contributed by atoms with Crippen LogP contribution in [0, 0.1) is 0 Å². The molecule has 1 aromatic heterocycles. The number of carbonyl (C=O) groups excluding carboxylic acids is 1. The Hall–Kier alpha value is -2.11. The van der Waals surface area contributed by atoms with E-state index in [1.54, 1.807) is 12.1 Å². The van der Waals surface area contributed by atoms with Crippen LogP contribution in [0.2, 0.25) is 0 Å². The summed E-state index contributed by atoms with van der Waals surface area (Å²) in [5.74, 6) is -1.26. The van der Waals surface area contributed by atoms with Crippen LogP contribution in [0.15, 0.2) is 18.3 Å². The molecule has 0 saturated carbocycles.